The summed E-state index contributed by atoms with van der Waals surface area (Å²) in [6, 6.07) is 1.31. The van der Waals surface area contributed by atoms with Gasteiger partial charge in [0.1, 0.15) is 18.3 Å². The Labute approximate surface area is 195 Å². The summed E-state index contributed by atoms with van der Waals surface area (Å²) in [6.45, 7) is 17.4. The summed E-state index contributed by atoms with van der Waals surface area (Å²) in [6.07, 6.45) is -2.13. The van der Waals surface area contributed by atoms with E-state index in [4.69, 9.17) is 30.2 Å². The third-order valence-electron chi connectivity index (χ3n) is 6.78. The Bertz CT molecular complexity index is 906. The van der Waals surface area contributed by atoms with Gasteiger partial charge >= 0.3 is 5.69 Å². The van der Waals surface area contributed by atoms with Crippen LogP contribution in [-0.4, -0.2) is 48.6 Å². The van der Waals surface area contributed by atoms with E-state index >= 15 is 0 Å². The van der Waals surface area contributed by atoms with Gasteiger partial charge in [0.2, 0.25) is 0 Å². The summed E-state index contributed by atoms with van der Waals surface area (Å²) in [5.74, 6) is -0.836. The highest BCUT2D eigenvalue weighted by Gasteiger charge is 2.57. The molecule has 182 valence electrons. The number of fused-ring (bicyclic) bond motifs is 1. The third kappa shape index (κ3) is 4.52. The van der Waals surface area contributed by atoms with E-state index in [0.29, 0.717) is 28.9 Å². The molecular weight excluding hydrogens is 452 g/mol. The molecule has 0 spiro atoms. The summed E-state index contributed by atoms with van der Waals surface area (Å²) in [7, 11) is -2.13. The largest absolute Gasteiger partial charge is 0.413 e. The SMILES string of the molecule is CC(C)[Si](OC[C@H]1O[C@@H](n2c(CCl)cc(=O)[nH]c2=O)[C@@H]2OC(C)(C)O[C@@H]21)(C(C)C)C(C)C. The highest BCUT2D eigenvalue weighted by molar-refractivity contribution is 6.77. The first-order valence-corrected chi connectivity index (χ1v) is 14.1. The van der Waals surface area contributed by atoms with E-state index < -0.39 is 49.9 Å². The molecule has 0 amide bonds. The van der Waals surface area contributed by atoms with Gasteiger partial charge in [0.25, 0.3) is 5.56 Å². The van der Waals surface area contributed by atoms with Gasteiger partial charge in [-0.3, -0.25) is 14.3 Å². The van der Waals surface area contributed by atoms with Crippen molar-refractivity contribution < 1.29 is 18.6 Å². The van der Waals surface area contributed by atoms with Gasteiger partial charge < -0.3 is 18.6 Å². The predicted octanol–water partition coefficient (Wildman–Crippen LogP) is 3.89. The lowest BCUT2D eigenvalue weighted by Crippen LogP contribution is -2.50. The summed E-state index contributed by atoms with van der Waals surface area (Å²) in [5, 5.41) is 0. The first-order valence-electron chi connectivity index (χ1n) is 11.4. The number of ether oxygens (including phenoxy) is 3. The van der Waals surface area contributed by atoms with Crippen molar-refractivity contribution >= 4 is 19.9 Å². The van der Waals surface area contributed by atoms with Crippen molar-refractivity contribution in [2.75, 3.05) is 6.61 Å². The molecule has 0 unspecified atom stereocenters. The maximum atomic E-state index is 12.7. The van der Waals surface area contributed by atoms with Crippen molar-refractivity contribution in [3.05, 3.63) is 32.6 Å². The van der Waals surface area contributed by atoms with Gasteiger partial charge in [-0.25, -0.2) is 4.79 Å². The van der Waals surface area contributed by atoms with Crippen molar-refractivity contribution in [1.82, 2.24) is 9.55 Å². The second-order valence-electron chi connectivity index (χ2n) is 10.2. The van der Waals surface area contributed by atoms with Gasteiger partial charge in [-0.1, -0.05) is 41.5 Å². The van der Waals surface area contributed by atoms with Crippen LogP contribution >= 0.6 is 11.6 Å². The Hall–Kier alpha value is -0.973. The van der Waals surface area contributed by atoms with E-state index in [-0.39, 0.29) is 5.88 Å². The van der Waals surface area contributed by atoms with Crippen LogP contribution in [0.25, 0.3) is 0 Å². The molecule has 1 N–H and O–H groups in total. The van der Waals surface area contributed by atoms with Crippen LogP contribution in [0.4, 0.5) is 0 Å². The lowest BCUT2D eigenvalue weighted by molar-refractivity contribution is -0.200. The third-order valence-corrected chi connectivity index (χ3v) is 13.1. The molecule has 2 saturated heterocycles. The smallest absolute Gasteiger partial charge is 0.330 e. The molecule has 0 saturated carbocycles. The minimum Gasteiger partial charge on any atom is -0.413 e. The maximum absolute atomic E-state index is 12.7. The van der Waals surface area contributed by atoms with Crippen LogP contribution in [0.1, 0.15) is 67.3 Å². The molecule has 0 aliphatic carbocycles. The Morgan fingerprint density at radius 2 is 1.66 bits per heavy atom. The monoisotopic (exact) mass is 488 g/mol. The molecule has 2 aliphatic heterocycles. The van der Waals surface area contributed by atoms with Gasteiger partial charge in [-0.05, 0) is 30.5 Å². The molecule has 2 aliphatic rings. The molecule has 10 heteroatoms. The van der Waals surface area contributed by atoms with Gasteiger partial charge in [0.15, 0.2) is 20.3 Å². The van der Waals surface area contributed by atoms with Crippen LogP contribution in [-0.2, 0) is 24.5 Å². The zero-order valence-electron chi connectivity index (χ0n) is 20.3. The molecule has 0 bridgehead atoms. The topological polar surface area (TPSA) is 91.8 Å². The minimum absolute atomic E-state index is 0.00804. The summed E-state index contributed by atoms with van der Waals surface area (Å²) < 4.78 is 26.8. The van der Waals surface area contributed by atoms with Gasteiger partial charge in [0, 0.05) is 11.8 Å². The van der Waals surface area contributed by atoms with Crippen molar-refractivity contribution in [3.8, 4) is 0 Å². The zero-order chi connectivity index (χ0) is 24.0. The van der Waals surface area contributed by atoms with Crippen LogP contribution in [0.3, 0.4) is 0 Å². The second kappa shape index (κ2) is 9.35. The molecule has 3 rings (SSSR count). The highest BCUT2D eigenvalue weighted by Crippen LogP contribution is 2.46. The molecule has 0 radical (unpaired) electrons. The molecule has 4 atom stereocenters. The van der Waals surface area contributed by atoms with E-state index in [2.05, 4.69) is 46.5 Å². The lowest BCUT2D eigenvalue weighted by Gasteiger charge is -2.43. The van der Waals surface area contributed by atoms with Gasteiger partial charge in [0.05, 0.1) is 12.5 Å². The number of aromatic amines is 1. The van der Waals surface area contributed by atoms with Crippen molar-refractivity contribution in [3.63, 3.8) is 0 Å². The first kappa shape index (κ1) is 25.6. The Morgan fingerprint density at radius 1 is 1.09 bits per heavy atom. The summed E-state index contributed by atoms with van der Waals surface area (Å²) in [4.78, 5) is 26.8. The standard InChI is InChI=1S/C22H37ClN2O6Si/c1-12(2)32(13(3)4,14(5)6)28-11-16-18-19(31-22(7,8)30-18)20(29-16)25-15(10-23)9-17(26)24-21(25)27/h9,12-14,16,18-20H,10-11H2,1-8H3,(H,24,26,27)/t16-,18-,19-,20-/m1/s1. The van der Waals surface area contributed by atoms with Crippen LogP contribution < -0.4 is 11.2 Å². The van der Waals surface area contributed by atoms with E-state index in [1.165, 1.54) is 10.6 Å². The molecular formula is C22H37ClN2O6Si. The van der Waals surface area contributed by atoms with Crippen LogP contribution in [0.5, 0.6) is 0 Å². The average molecular weight is 489 g/mol. The molecule has 1 aromatic heterocycles. The second-order valence-corrected chi connectivity index (χ2v) is 15.9. The summed E-state index contributed by atoms with van der Waals surface area (Å²) in [5.41, 5.74) is 0.574. The molecule has 8 nitrogen and oxygen atoms in total. The van der Waals surface area contributed by atoms with Gasteiger partial charge in [-0.2, -0.15) is 0 Å². The summed E-state index contributed by atoms with van der Waals surface area (Å²) >= 11 is 6.06. The number of nitrogens with one attached hydrogen (secondary N) is 1. The number of rotatable bonds is 8. The molecule has 0 aromatic carbocycles. The molecule has 32 heavy (non-hydrogen) atoms. The van der Waals surface area contributed by atoms with E-state index in [9.17, 15) is 9.59 Å². The Morgan fingerprint density at radius 3 is 2.19 bits per heavy atom. The minimum atomic E-state index is -2.13. The Balaban J connectivity index is 1.95. The number of hydrogen-bond donors (Lipinski definition) is 1. The Kier molecular flexibility index (Phi) is 7.49. The van der Waals surface area contributed by atoms with Crippen LogP contribution in [0, 0.1) is 0 Å². The number of hydrogen-bond acceptors (Lipinski definition) is 6. The number of halogens is 1. The molecule has 2 fully saturated rings. The fraction of sp³-hybridized carbons (Fsp3) is 0.818. The maximum Gasteiger partial charge on any atom is 0.330 e. The molecule has 1 aromatic rings. The number of aromatic nitrogens is 2. The van der Waals surface area contributed by atoms with Crippen LogP contribution in [0.15, 0.2) is 15.7 Å². The fourth-order valence-electron chi connectivity index (χ4n) is 5.66. The van der Waals surface area contributed by atoms with E-state index in [1.807, 2.05) is 13.8 Å². The fourth-order valence-corrected chi connectivity index (χ4v) is 11.3. The predicted molar refractivity (Wildman–Crippen MR) is 126 cm³/mol. The van der Waals surface area contributed by atoms with Crippen molar-refractivity contribution in [2.45, 2.75) is 108 Å². The van der Waals surface area contributed by atoms with Crippen LogP contribution in [0.2, 0.25) is 16.6 Å². The average Bonchev–Trinajstić information content (AvgIpc) is 3.14. The van der Waals surface area contributed by atoms with E-state index in [1.54, 1.807) is 0 Å². The highest BCUT2D eigenvalue weighted by atomic mass is 35.5. The number of H-pyrrole nitrogens is 1. The number of alkyl halides is 1. The normalized spacial score (nSPS) is 27.6. The van der Waals surface area contributed by atoms with E-state index in [0.717, 1.165) is 0 Å². The van der Waals surface area contributed by atoms with Crippen molar-refractivity contribution in [1.29, 1.82) is 0 Å². The van der Waals surface area contributed by atoms with Crippen molar-refractivity contribution in [2.24, 2.45) is 0 Å². The molecule has 3 heterocycles. The first-order chi connectivity index (χ1) is 14.8. The quantitative estimate of drug-likeness (QED) is 0.441. The van der Waals surface area contributed by atoms with Gasteiger partial charge in [-0.15, -0.1) is 11.6 Å². The number of nitrogens with zero attached hydrogens (tertiary/aromatic N) is 1. The lowest BCUT2D eigenvalue weighted by atomic mass is 10.1. The zero-order valence-corrected chi connectivity index (χ0v) is 22.1.